The highest BCUT2D eigenvalue weighted by Crippen LogP contribution is 2.32. The minimum absolute atomic E-state index is 0.0596. The number of piperazine rings is 1. The zero-order chi connectivity index (χ0) is 26.1. The maximum absolute atomic E-state index is 13.1. The van der Waals surface area contributed by atoms with Crippen LogP contribution >= 0.6 is 0 Å². The number of carbonyl (C=O) groups excluding carboxylic acids is 2. The largest absolute Gasteiger partial charge is 0.417 e. The van der Waals surface area contributed by atoms with Crippen molar-refractivity contribution in [3.05, 3.63) is 65.4 Å². The van der Waals surface area contributed by atoms with Crippen LogP contribution in [0, 0.1) is 0 Å². The second-order valence-corrected chi connectivity index (χ2v) is 8.57. The van der Waals surface area contributed by atoms with Gasteiger partial charge in [-0.05, 0) is 41.8 Å². The highest BCUT2D eigenvalue weighted by Gasteiger charge is 2.33. The lowest BCUT2D eigenvalue weighted by Crippen LogP contribution is -2.53. The van der Waals surface area contributed by atoms with Gasteiger partial charge in [0.1, 0.15) is 5.82 Å². The number of hydrogen-bond acceptors (Lipinski definition) is 4. The topological polar surface area (TPSA) is 56.8 Å². The van der Waals surface area contributed by atoms with Gasteiger partial charge in [-0.2, -0.15) is 26.3 Å². The van der Waals surface area contributed by atoms with Crippen molar-refractivity contribution in [1.29, 1.82) is 0 Å². The van der Waals surface area contributed by atoms with E-state index in [9.17, 15) is 35.9 Å². The van der Waals surface area contributed by atoms with Crippen molar-refractivity contribution >= 4 is 23.2 Å². The van der Waals surface area contributed by atoms with Crippen molar-refractivity contribution in [3.63, 3.8) is 0 Å². The smallest absolute Gasteiger partial charge is 0.337 e. The van der Waals surface area contributed by atoms with Gasteiger partial charge in [-0.15, -0.1) is 0 Å². The van der Waals surface area contributed by atoms with Gasteiger partial charge in [0.2, 0.25) is 11.8 Å². The van der Waals surface area contributed by atoms with E-state index in [0.717, 1.165) is 24.3 Å². The van der Waals surface area contributed by atoms with E-state index in [1.54, 1.807) is 15.9 Å². The highest BCUT2D eigenvalue weighted by atomic mass is 19.4. The van der Waals surface area contributed by atoms with Gasteiger partial charge in [-0.25, -0.2) is 4.98 Å². The van der Waals surface area contributed by atoms with E-state index in [2.05, 4.69) is 4.98 Å². The lowest BCUT2D eigenvalue weighted by atomic mass is 9.99. The molecule has 12 heteroatoms. The third kappa shape index (κ3) is 5.86. The summed E-state index contributed by atoms with van der Waals surface area (Å²) in [5.74, 6) is -0.558. The molecule has 3 heterocycles. The van der Waals surface area contributed by atoms with Crippen molar-refractivity contribution < 1.29 is 35.9 Å². The van der Waals surface area contributed by atoms with Crippen molar-refractivity contribution in [1.82, 2.24) is 14.8 Å². The molecule has 36 heavy (non-hydrogen) atoms. The molecule has 0 atom stereocenters. The fraction of sp³-hybridized carbons (Fsp3) is 0.375. The number of halogens is 6. The van der Waals surface area contributed by atoms with Crippen LogP contribution in [0.4, 0.5) is 32.2 Å². The Morgan fingerprint density at radius 3 is 2.31 bits per heavy atom. The number of anilines is 1. The number of aromatic nitrogens is 1. The molecule has 4 rings (SSSR count). The number of amides is 2. The first-order chi connectivity index (χ1) is 16.9. The van der Waals surface area contributed by atoms with Crippen LogP contribution in [0.1, 0.15) is 23.1 Å². The van der Waals surface area contributed by atoms with E-state index in [0.29, 0.717) is 36.8 Å². The second kappa shape index (κ2) is 9.92. The molecule has 2 aliphatic heterocycles. The number of alkyl halides is 6. The summed E-state index contributed by atoms with van der Waals surface area (Å²) in [4.78, 5) is 33.7. The van der Waals surface area contributed by atoms with Crippen LogP contribution in [-0.2, 0) is 21.9 Å². The monoisotopic (exact) mass is 512 g/mol. The third-order valence-electron chi connectivity index (χ3n) is 6.07. The van der Waals surface area contributed by atoms with Crippen LogP contribution in [-0.4, -0.2) is 65.9 Å². The van der Waals surface area contributed by atoms with Crippen molar-refractivity contribution in [2.45, 2.75) is 18.8 Å². The van der Waals surface area contributed by atoms with E-state index < -0.39 is 29.4 Å². The lowest BCUT2D eigenvalue weighted by Gasteiger charge is -2.35. The molecule has 1 aromatic heterocycles. The van der Waals surface area contributed by atoms with Gasteiger partial charge < -0.3 is 4.90 Å². The summed E-state index contributed by atoms with van der Waals surface area (Å²) >= 11 is 0. The average molecular weight is 512 g/mol. The summed E-state index contributed by atoms with van der Waals surface area (Å²) in [5, 5.41) is 0. The number of nitrogens with zero attached hydrogens (tertiary/aromatic N) is 4. The summed E-state index contributed by atoms with van der Waals surface area (Å²) in [6.07, 6.45) is -6.02. The van der Waals surface area contributed by atoms with Gasteiger partial charge in [-0.3, -0.25) is 19.4 Å². The SMILES string of the molecule is O=C(CN1CCN(c2ccc(C(F)(F)F)cn2)C(=O)C1)N1CCC=C(c2cccc(C(F)(F)F)c2)C1. The Morgan fingerprint density at radius 2 is 1.67 bits per heavy atom. The van der Waals surface area contributed by atoms with E-state index >= 15 is 0 Å². The van der Waals surface area contributed by atoms with Crippen LogP contribution in [0.5, 0.6) is 0 Å². The van der Waals surface area contributed by atoms with E-state index in [1.165, 1.54) is 11.0 Å². The summed E-state index contributed by atoms with van der Waals surface area (Å²) in [7, 11) is 0. The van der Waals surface area contributed by atoms with Crippen LogP contribution in [0.15, 0.2) is 48.7 Å². The van der Waals surface area contributed by atoms with E-state index in [1.807, 2.05) is 6.08 Å². The molecule has 2 aromatic rings. The number of benzene rings is 1. The normalized spacial score (nSPS) is 17.8. The number of pyridine rings is 1. The van der Waals surface area contributed by atoms with Gasteiger partial charge in [0.05, 0.1) is 24.2 Å². The first-order valence-electron chi connectivity index (χ1n) is 11.1. The zero-order valence-electron chi connectivity index (χ0n) is 18.9. The molecule has 1 fully saturated rings. The number of carbonyl (C=O) groups is 2. The molecule has 0 radical (unpaired) electrons. The maximum Gasteiger partial charge on any atom is 0.417 e. The molecular formula is C24H22F6N4O2. The van der Waals surface area contributed by atoms with Gasteiger partial charge in [0, 0.05) is 32.4 Å². The van der Waals surface area contributed by atoms with E-state index in [-0.39, 0.29) is 37.9 Å². The summed E-state index contributed by atoms with van der Waals surface area (Å²) in [6.45, 7) is 0.854. The minimum atomic E-state index is -4.53. The highest BCUT2D eigenvalue weighted by molar-refractivity contribution is 5.95. The molecule has 0 saturated carbocycles. The van der Waals surface area contributed by atoms with Crippen molar-refractivity contribution in [3.8, 4) is 0 Å². The molecule has 1 aromatic carbocycles. The first-order valence-corrected chi connectivity index (χ1v) is 11.1. The molecule has 0 unspecified atom stereocenters. The fourth-order valence-corrected chi connectivity index (χ4v) is 4.16. The summed E-state index contributed by atoms with van der Waals surface area (Å²) in [6, 6.07) is 6.95. The Balaban J connectivity index is 1.34. The van der Waals surface area contributed by atoms with Crippen LogP contribution in [0.2, 0.25) is 0 Å². The average Bonchev–Trinajstić information content (AvgIpc) is 2.83. The minimum Gasteiger partial charge on any atom is -0.337 e. The molecule has 1 saturated heterocycles. The molecule has 0 aliphatic carbocycles. The fourth-order valence-electron chi connectivity index (χ4n) is 4.16. The molecular weight excluding hydrogens is 490 g/mol. The number of hydrogen-bond donors (Lipinski definition) is 0. The molecule has 0 bridgehead atoms. The van der Waals surface area contributed by atoms with Crippen LogP contribution in [0.25, 0.3) is 5.57 Å². The van der Waals surface area contributed by atoms with Crippen molar-refractivity contribution in [2.75, 3.05) is 44.2 Å². The molecule has 2 aliphatic rings. The van der Waals surface area contributed by atoms with Gasteiger partial charge >= 0.3 is 12.4 Å². The second-order valence-electron chi connectivity index (χ2n) is 8.57. The summed E-state index contributed by atoms with van der Waals surface area (Å²) in [5.41, 5.74) is -0.656. The molecule has 0 spiro atoms. The first kappa shape index (κ1) is 25.7. The third-order valence-corrected chi connectivity index (χ3v) is 6.07. The predicted octanol–water partition coefficient (Wildman–Crippen LogP) is 4.08. The van der Waals surface area contributed by atoms with Crippen LogP contribution < -0.4 is 4.90 Å². The van der Waals surface area contributed by atoms with Crippen molar-refractivity contribution in [2.24, 2.45) is 0 Å². The zero-order valence-corrected chi connectivity index (χ0v) is 18.9. The Bertz CT molecular complexity index is 1160. The van der Waals surface area contributed by atoms with Crippen LogP contribution in [0.3, 0.4) is 0 Å². The summed E-state index contributed by atoms with van der Waals surface area (Å²) < 4.78 is 77.4. The lowest BCUT2D eigenvalue weighted by molar-refractivity contribution is -0.138. The van der Waals surface area contributed by atoms with Gasteiger partial charge in [0.15, 0.2) is 0 Å². The molecule has 2 amide bonds. The Kier molecular flexibility index (Phi) is 7.07. The maximum atomic E-state index is 13.1. The predicted molar refractivity (Wildman–Crippen MR) is 119 cm³/mol. The molecule has 192 valence electrons. The Hall–Kier alpha value is -3.41. The Labute approximate surface area is 202 Å². The van der Waals surface area contributed by atoms with E-state index in [4.69, 9.17) is 0 Å². The number of rotatable bonds is 4. The Morgan fingerprint density at radius 1 is 0.917 bits per heavy atom. The molecule has 6 nitrogen and oxygen atoms in total. The molecule has 0 N–H and O–H groups in total. The standard InChI is InChI=1S/C24H22F6N4O2/c25-23(26,27)18-5-1-3-16(11-18)17-4-2-8-33(13-17)21(35)14-32-9-10-34(22(36)15-32)20-7-6-19(12-31-20)24(28,29)30/h1,3-7,11-12H,2,8-10,13-15H2. The quantitative estimate of drug-likeness (QED) is 0.580. The van der Waals surface area contributed by atoms with Gasteiger partial charge in [-0.1, -0.05) is 18.2 Å². The van der Waals surface area contributed by atoms with Gasteiger partial charge in [0.25, 0.3) is 0 Å².